The van der Waals surface area contributed by atoms with Gasteiger partial charge < -0.3 is 9.88 Å². The summed E-state index contributed by atoms with van der Waals surface area (Å²) in [6, 6.07) is 7.50. The van der Waals surface area contributed by atoms with Gasteiger partial charge in [-0.25, -0.2) is 0 Å². The quantitative estimate of drug-likeness (QED) is 0.711. The Bertz CT molecular complexity index is 634. The van der Waals surface area contributed by atoms with Gasteiger partial charge in [0.1, 0.15) is 12.2 Å². The van der Waals surface area contributed by atoms with Gasteiger partial charge in [0, 0.05) is 11.8 Å². The number of aromatic nitrogens is 1. The normalized spacial score (nSPS) is 21.8. The van der Waals surface area contributed by atoms with Crippen molar-refractivity contribution in [1.29, 1.82) is 0 Å². The highest BCUT2D eigenvalue weighted by Crippen LogP contribution is 2.37. The molecule has 0 radical (unpaired) electrons. The van der Waals surface area contributed by atoms with Crippen molar-refractivity contribution in [3.8, 4) is 0 Å². The zero-order valence-electron chi connectivity index (χ0n) is 10.1. The third kappa shape index (κ3) is 1.19. The average Bonchev–Trinajstić information content (AvgIpc) is 2.67. The van der Waals surface area contributed by atoms with Crippen LogP contribution in [0.4, 0.5) is 0 Å². The van der Waals surface area contributed by atoms with Gasteiger partial charge in [-0.05, 0) is 37.5 Å². The van der Waals surface area contributed by atoms with Crippen molar-refractivity contribution in [3.05, 3.63) is 41.2 Å². The van der Waals surface area contributed by atoms with E-state index in [4.69, 9.17) is 0 Å². The van der Waals surface area contributed by atoms with Crippen molar-refractivity contribution in [1.82, 2.24) is 4.57 Å². The minimum Gasteiger partial charge on any atom is -0.311 e. The van der Waals surface area contributed by atoms with Gasteiger partial charge in [-0.15, -0.1) is 0 Å². The monoisotopic (exact) mass is 225 g/mol. The highest BCUT2D eigenvalue weighted by Gasteiger charge is 2.30. The van der Waals surface area contributed by atoms with E-state index >= 15 is 0 Å². The fourth-order valence-corrected chi connectivity index (χ4v) is 3.43. The number of aryl methyl sites for hydroxylation is 2. The summed E-state index contributed by atoms with van der Waals surface area (Å²) in [7, 11) is 0. The summed E-state index contributed by atoms with van der Waals surface area (Å²) in [6.07, 6.45) is 8.33. The van der Waals surface area contributed by atoms with Gasteiger partial charge in [0.15, 0.2) is 0 Å². The molecule has 1 aliphatic carbocycles. The number of hydrogen-bond acceptors (Lipinski definition) is 0. The molecule has 86 valence electrons. The number of hydrogen-bond donors (Lipinski definition) is 1. The van der Waals surface area contributed by atoms with Crippen LogP contribution < -0.4 is 5.32 Å². The van der Waals surface area contributed by atoms with Crippen LogP contribution in [0.25, 0.3) is 17.1 Å². The first kappa shape index (κ1) is 9.49. The molecule has 0 fully saturated rings. The highest BCUT2D eigenvalue weighted by molar-refractivity contribution is 5.88. The Balaban J connectivity index is 2.15. The number of quaternary nitrogens is 1. The Morgan fingerprint density at radius 2 is 2.29 bits per heavy atom. The van der Waals surface area contributed by atoms with Crippen molar-refractivity contribution >= 4 is 17.1 Å². The SMILES string of the molecule is Cc1ccc2c(c1)c1c3n2C=C[NH2+][C@H]3CCC1. The molecule has 2 heterocycles. The van der Waals surface area contributed by atoms with Crippen molar-refractivity contribution in [3.63, 3.8) is 0 Å². The molecule has 0 unspecified atom stereocenters. The Morgan fingerprint density at radius 1 is 1.35 bits per heavy atom. The molecule has 1 aliphatic heterocycles. The predicted molar refractivity (Wildman–Crippen MR) is 69.6 cm³/mol. The van der Waals surface area contributed by atoms with E-state index in [1.807, 2.05) is 0 Å². The van der Waals surface area contributed by atoms with Crippen LogP contribution >= 0.6 is 0 Å². The Hall–Kier alpha value is -1.54. The molecule has 0 saturated heterocycles. The average molecular weight is 225 g/mol. The second-order valence-corrected chi connectivity index (χ2v) is 5.29. The van der Waals surface area contributed by atoms with Gasteiger partial charge in [0.2, 0.25) is 0 Å². The number of nitrogens with zero attached hydrogens (tertiary/aromatic N) is 1. The van der Waals surface area contributed by atoms with Crippen molar-refractivity contribution in [2.75, 3.05) is 0 Å². The van der Waals surface area contributed by atoms with Gasteiger partial charge in [-0.1, -0.05) is 11.6 Å². The topological polar surface area (TPSA) is 21.5 Å². The lowest BCUT2D eigenvalue weighted by Gasteiger charge is -2.24. The van der Waals surface area contributed by atoms with E-state index in [1.54, 1.807) is 11.3 Å². The summed E-state index contributed by atoms with van der Waals surface area (Å²) >= 11 is 0. The van der Waals surface area contributed by atoms with E-state index in [9.17, 15) is 0 Å². The molecule has 1 aromatic heterocycles. The van der Waals surface area contributed by atoms with Crippen molar-refractivity contribution in [2.45, 2.75) is 32.2 Å². The van der Waals surface area contributed by atoms with Crippen molar-refractivity contribution in [2.24, 2.45) is 0 Å². The van der Waals surface area contributed by atoms with Crippen LogP contribution in [0, 0.1) is 6.92 Å². The maximum Gasteiger partial charge on any atom is 0.132 e. The van der Waals surface area contributed by atoms with Crippen LogP contribution in [0.3, 0.4) is 0 Å². The fraction of sp³-hybridized carbons (Fsp3) is 0.333. The molecule has 2 heteroatoms. The Morgan fingerprint density at radius 3 is 3.24 bits per heavy atom. The summed E-state index contributed by atoms with van der Waals surface area (Å²) in [5.74, 6) is 0. The first-order valence-electron chi connectivity index (χ1n) is 6.49. The minimum atomic E-state index is 0.649. The lowest BCUT2D eigenvalue weighted by molar-refractivity contribution is -0.636. The van der Waals surface area contributed by atoms with Crippen LogP contribution in [0.5, 0.6) is 0 Å². The number of rotatable bonds is 0. The summed E-state index contributed by atoms with van der Waals surface area (Å²) in [5, 5.41) is 3.84. The van der Waals surface area contributed by atoms with E-state index < -0.39 is 0 Å². The summed E-state index contributed by atoms with van der Waals surface area (Å²) in [5.41, 5.74) is 5.91. The zero-order valence-corrected chi connectivity index (χ0v) is 10.1. The van der Waals surface area contributed by atoms with Gasteiger partial charge in [-0.2, -0.15) is 0 Å². The van der Waals surface area contributed by atoms with E-state index in [0.29, 0.717) is 6.04 Å². The third-order valence-electron chi connectivity index (χ3n) is 4.18. The number of benzene rings is 1. The fourth-order valence-electron chi connectivity index (χ4n) is 3.43. The smallest absolute Gasteiger partial charge is 0.132 e. The molecule has 2 aromatic rings. The standard InChI is InChI=1S/C15H16N2/c1-10-5-6-14-12(9-10)11-3-2-4-13-15(11)17(14)8-7-16-13/h5-9,13,16H,2-4H2,1H3/p+1/t13-/m0/s1. The Labute approximate surface area is 101 Å². The second kappa shape index (κ2) is 3.23. The second-order valence-electron chi connectivity index (χ2n) is 5.29. The molecule has 1 atom stereocenters. The Kier molecular flexibility index (Phi) is 1.80. The van der Waals surface area contributed by atoms with Gasteiger partial charge >= 0.3 is 0 Å². The molecule has 0 spiro atoms. The molecule has 2 aliphatic rings. The highest BCUT2D eigenvalue weighted by atomic mass is 15.1. The molecule has 1 aromatic carbocycles. The maximum atomic E-state index is 2.41. The van der Waals surface area contributed by atoms with E-state index in [-0.39, 0.29) is 0 Å². The summed E-state index contributed by atoms with van der Waals surface area (Å²) in [4.78, 5) is 0. The van der Waals surface area contributed by atoms with Crippen LogP contribution in [-0.4, -0.2) is 4.57 Å². The van der Waals surface area contributed by atoms with Crippen LogP contribution in [0.15, 0.2) is 24.4 Å². The first-order valence-corrected chi connectivity index (χ1v) is 6.49. The van der Waals surface area contributed by atoms with Gasteiger partial charge in [-0.3, -0.25) is 0 Å². The van der Waals surface area contributed by atoms with E-state index in [1.165, 1.54) is 35.7 Å². The maximum absolute atomic E-state index is 2.41. The summed E-state index contributed by atoms with van der Waals surface area (Å²) < 4.78 is 2.41. The first-order chi connectivity index (χ1) is 8.34. The largest absolute Gasteiger partial charge is 0.311 e. The van der Waals surface area contributed by atoms with E-state index in [0.717, 1.165) is 0 Å². The molecule has 0 amide bonds. The van der Waals surface area contributed by atoms with Gasteiger partial charge in [0.05, 0.1) is 17.4 Å². The van der Waals surface area contributed by atoms with Crippen LogP contribution in [-0.2, 0) is 6.42 Å². The molecule has 0 saturated carbocycles. The van der Waals surface area contributed by atoms with Crippen LogP contribution in [0.2, 0.25) is 0 Å². The van der Waals surface area contributed by atoms with E-state index in [2.05, 4.69) is 47.4 Å². The third-order valence-corrected chi connectivity index (χ3v) is 4.18. The molecule has 17 heavy (non-hydrogen) atoms. The zero-order chi connectivity index (χ0) is 11.4. The molecular weight excluding hydrogens is 208 g/mol. The lowest BCUT2D eigenvalue weighted by atomic mass is 9.91. The molecular formula is C15H17N2+. The molecule has 4 rings (SSSR count). The number of nitrogens with two attached hydrogens (primary N) is 1. The minimum absolute atomic E-state index is 0.649. The molecule has 2 nitrogen and oxygen atoms in total. The number of fused-ring (bicyclic) bond motifs is 3. The van der Waals surface area contributed by atoms with Crippen molar-refractivity contribution < 1.29 is 5.32 Å². The summed E-state index contributed by atoms with van der Waals surface area (Å²) in [6.45, 7) is 2.19. The molecule has 0 bridgehead atoms. The van der Waals surface area contributed by atoms with Crippen LogP contribution in [0.1, 0.15) is 35.7 Å². The molecule has 2 N–H and O–H groups in total. The predicted octanol–water partition coefficient (Wildman–Crippen LogP) is 2.33. The lowest BCUT2D eigenvalue weighted by Crippen LogP contribution is -2.80. The van der Waals surface area contributed by atoms with Gasteiger partial charge in [0.25, 0.3) is 0 Å².